The molecule has 0 amide bonds. The molecule has 1 aliphatic carbocycles. The Labute approximate surface area is 334 Å². The summed E-state index contributed by atoms with van der Waals surface area (Å²) in [6.45, 7) is 26.1. The molecule has 2 nitrogen and oxygen atoms in total. The molecule has 278 valence electrons. The molecule has 56 heavy (non-hydrogen) atoms. The Morgan fingerprint density at radius 3 is 1.84 bits per heavy atom. The summed E-state index contributed by atoms with van der Waals surface area (Å²) in [4.78, 5) is 2.65. The van der Waals surface area contributed by atoms with Gasteiger partial charge in [0, 0.05) is 50.2 Å². The molecule has 0 N–H and O–H groups in total. The van der Waals surface area contributed by atoms with Gasteiger partial charge in [-0.3, -0.25) is 0 Å². The lowest BCUT2D eigenvalue weighted by Crippen LogP contribution is -2.60. The highest BCUT2D eigenvalue weighted by molar-refractivity contribution is 7.00. The predicted octanol–water partition coefficient (Wildman–Crippen LogP) is 12.1. The summed E-state index contributed by atoms with van der Waals surface area (Å²) in [6, 6.07) is 47.0. The number of hydrogen-bond acceptors (Lipinski definition) is 1. The summed E-state index contributed by atoms with van der Waals surface area (Å²) in [5, 5.41) is 1.36. The van der Waals surface area contributed by atoms with Crippen LogP contribution < -0.4 is 21.3 Å². The largest absolute Gasteiger partial charge is 0.313 e. The second kappa shape index (κ2) is 11.4. The van der Waals surface area contributed by atoms with Crippen LogP contribution in [0.1, 0.15) is 104 Å². The van der Waals surface area contributed by atoms with Gasteiger partial charge in [-0.05, 0) is 96.3 Å². The molecule has 0 fully saturated rings. The van der Waals surface area contributed by atoms with E-state index in [1.54, 1.807) is 0 Å². The number of para-hydroxylation sites is 1. The van der Waals surface area contributed by atoms with E-state index in [2.05, 4.69) is 207 Å². The van der Waals surface area contributed by atoms with E-state index in [9.17, 15) is 0 Å². The minimum Gasteiger partial charge on any atom is -0.313 e. The number of fused-ring (bicyclic) bond motifs is 9. The van der Waals surface area contributed by atoms with Gasteiger partial charge in [-0.25, -0.2) is 0 Å². The second-order valence-electron chi connectivity index (χ2n) is 20.3. The molecule has 3 aliphatic rings. The molecule has 0 atom stereocenters. The monoisotopic (exact) mass is 728 g/mol. The molecule has 0 radical (unpaired) electrons. The van der Waals surface area contributed by atoms with Crippen molar-refractivity contribution in [1.82, 2.24) is 4.57 Å². The zero-order valence-corrected chi connectivity index (χ0v) is 35.0. The highest BCUT2D eigenvalue weighted by Gasteiger charge is 2.48. The Balaban J connectivity index is 1.38. The van der Waals surface area contributed by atoms with Crippen LogP contribution in [0.2, 0.25) is 0 Å². The number of rotatable bonds is 2. The zero-order valence-electron chi connectivity index (χ0n) is 35.0. The molecule has 1 aromatic heterocycles. The van der Waals surface area contributed by atoms with Crippen LogP contribution >= 0.6 is 0 Å². The number of aromatic nitrogens is 1. The van der Waals surface area contributed by atoms with Crippen molar-refractivity contribution in [3.63, 3.8) is 0 Å². The van der Waals surface area contributed by atoms with Gasteiger partial charge < -0.3 is 9.47 Å². The van der Waals surface area contributed by atoms with Crippen LogP contribution in [0.25, 0.3) is 38.8 Å². The second-order valence-corrected chi connectivity index (χ2v) is 20.3. The third-order valence-corrected chi connectivity index (χ3v) is 13.2. The Morgan fingerprint density at radius 1 is 0.500 bits per heavy atom. The van der Waals surface area contributed by atoms with Crippen LogP contribution in [0.5, 0.6) is 0 Å². The molecule has 0 saturated carbocycles. The average molecular weight is 729 g/mol. The van der Waals surface area contributed by atoms with Crippen molar-refractivity contribution >= 4 is 51.1 Å². The van der Waals surface area contributed by atoms with E-state index < -0.39 is 0 Å². The van der Waals surface area contributed by atoms with Crippen molar-refractivity contribution < 1.29 is 0 Å². The number of nitrogens with zero attached hydrogens (tertiary/aromatic N) is 2. The standard InChI is InChI=1S/C53H53BN2/c1-50(2,3)33-25-27-42(38(28-33)32-18-13-12-14-19-32)55-43-29-34(51(4,5)6)24-26-40(43)54-41-23-17-21-37-46-36-20-15-16-22-39(36)53(10,11)49(46)56(48(37)41)45-31-35(52(7,8)9)30-44(55)47(45)54/h12-31H,1-11H3. The summed E-state index contributed by atoms with van der Waals surface area (Å²) in [5.41, 5.74) is 22.5. The zero-order chi connectivity index (χ0) is 39.3. The number of hydrogen-bond donors (Lipinski definition) is 0. The fourth-order valence-electron chi connectivity index (χ4n) is 10.2. The van der Waals surface area contributed by atoms with Gasteiger partial charge in [-0.15, -0.1) is 0 Å². The van der Waals surface area contributed by atoms with Crippen LogP contribution in [0.3, 0.4) is 0 Å². The van der Waals surface area contributed by atoms with Crippen molar-refractivity contribution in [1.29, 1.82) is 0 Å². The Kier molecular flexibility index (Phi) is 7.16. The first-order valence-corrected chi connectivity index (χ1v) is 20.6. The Bertz CT molecular complexity index is 2780. The highest BCUT2D eigenvalue weighted by Crippen LogP contribution is 2.55. The van der Waals surface area contributed by atoms with Crippen molar-refractivity contribution in [3.8, 4) is 27.9 Å². The van der Waals surface area contributed by atoms with E-state index in [0.717, 1.165) is 0 Å². The van der Waals surface area contributed by atoms with E-state index >= 15 is 0 Å². The maximum atomic E-state index is 2.71. The molecule has 2 aliphatic heterocycles. The van der Waals surface area contributed by atoms with E-state index in [4.69, 9.17) is 0 Å². The Morgan fingerprint density at radius 2 is 1.12 bits per heavy atom. The lowest BCUT2D eigenvalue weighted by atomic mass is 9.33. The molecular formula is C53H53BN2. The minimum absolute atomic E-state index is 0.00590. The van der Waals surface area contributed by atoms with E-state index in [0.29, 0.717) is 0 Å². The first-order valence-electron chi connectivity index (χ1n) is 20.6. The van der Waals surface area contributed by atoms with Gasteiger partial charge in [0.1, 0.15) is 0 Å². The number of benzene rings is 6. The van der Waals surface area contributed by atoms with Gasteiger partial charge in [0.25, 0.3) is 6.71 Å². The van der Waals surface area contributed by atoms with Crippen LogP contribution in [-0.4, -0.2) is 11.3 Å². The van der Waals surface area contributed by atoms with Crippen LogP contribution in [-0.2, 0) is 21.7 Å². The van der Waals surface area contributed by atoms with Gasteiger partial charge in [0.05, 0.1) is 5.69 Å². The molecule has 3 heterocycles. The van der Waals surface area contributed by atoms with Gasteiger partial charge in [-0.1, -0.05) is 167 Å². The molecule has 7 aromatic rings. The maximum absolute atomic E-state index is 2.71. The third kappa shape index (κ3) is 4.82. The van der Waals surface area contributed by atoms with Crippen LogP contribution in [0.15, 0.2) is 121 Å². The predicted molar refractivity (Wildman–Crippen MR) is 242 cm³/mol. The molecule has 3 heteroatoms. The molecular weight excluding hydrogens is 675 g/mol. The molecule has 6 aromatic carbocycles. The highest BCUT2D eigenvalue weighted by atomic mass is 15.2. The third-order valence-electron chi connectivity index (χ3n) is 13.2. The normalized spacial score (nSPS) is 15.1. The molecule has 0 saturated heterocycles. The van der Waals surface area contributed by atoms with E-state index in [1.807, 2.05) is 0 Å². The topological polar surface area (TPSA) is 8.17 Å². The van der Waals surface area contributed by atoms with Crippen LogP contribution in [0, 0.1) is 0 Å². The first-order chi connectivity index (χ1) is 26.5. The van der Waals surface area contributed by atoms with Gasteiger partial charge >= 0.3 is 0 Å². The molecule has 0 spiro atoms. The van der Waals surface area contributed by atoms with E-state index in [1.165, 1.54) is 100 Å². The summed E-state index contributed by atoms with van der Waals surface area (Å²) in [6.07, 6.45) is 0. The van der Waals surface area contributed by atoms with Crippen molar-refractivity contribution in [2.75, 3.05) is 4.90 Å². The summed E-state index contributed by atoms with van der Waals surface area (Å²) in [5.74, 6) is 0. The quantitative estimate of drug-likeness (QED) is 0.161. The fourth-order valence-corrected chi connectivity index (χ4v) is 10.2. The number of anilines is 3. The van der Waals surface area contributed by atoms with Crippen molar-refractivity contribution in [3.05, 3.63) is 149 Å². The average Bonchev–Trinajstić information content (AvgIpc) is 3.63. The van der Waals surface area contributed by atoms with Gasteiger partial charge in [0.15, 0.2) is 0 Å². The van der Waals surface area contributed by atoms with E-state index in [-0.39, 0.29) is 28.4 Å². The molecule has 0 unspecified atom stereocenters. The minimum atomic E-state index is -0.170. The van der Waals surface area contributed by atoms with Crippen LogP contribution in [0.4, 0.5) is 17.1 Å². The summed E-state index contributed by atoms with van der Waals surface area (Å²) in [7, 11) is 0. The maximum Gasteiger partial charge on any atom is 0.252 e. The van der Waals surface area contributed by atoms with Crippen molar-refractivity contribution in [2.24, 2.45) is 0 Å². The fraction of sp³-hybridized carbons (Fsp3) is 0.283. The summed E-state index contributed by atoms with van der Waals surface area (Å²) >= 11 is 0. The lowest BCUT2D eigenvalue weighted by Gasteiger charge is -2.43. The smallest absolute Gasteiger partial charge is 0.252 e. The lowest BCUT2D eigenvalue weighted by molar-refractivity contribution is 0.588. The first kappa shape index (κ1) is 35.2. The molecule has 10 rings (SSSR count). The van der Waals surface area contributed by atoms with Crippen molar-refractivity contribution in [2.45, 2.75) is 97.8 Å². The Hall–Kier alpha value is -5.28. The van der Waals surface area contributed by atoms with Gasteiger partial charge in [-0.2, -0.15) is 0 Å². The SMILES string of the molecule is CC(C)(C)c1ccc(N2c3cc(C(C)(C)C)ccc3B3c4c2cc(C(C)(C)C)cc4-n2c4c(c5cccc3c52)-c2ccccc2C4(C)C)c(-c2ccccc2)c1. The molecule has 0 bridgehead atoms. The van der Waals surface area contributed by atoms with Gasteiger partial charge in [0.2, 0.25) is 0 Å². The summed E-state index contributed by atoms with van der Waals surface area (Å²) < 4.78 is 2.71.